The van der Waals surface area contributed by atoms with Crippen LogP contribution in [0, 0.1) is 0 Å². The molecule has 0 rings (SSSR count). The van der Waals surface area contributed by atoms with Crippen molar-refractivity contribution >= 4 is 55.2 Å². The van der Waals surface area contributed by atoms with Crippen molar-refractivity contribution in [3.8, 4) is 0 Å². The summed E-state index contributed by atoms with van der Waals surface area (Å²) in [5, 5.41) is 1.18. The van der Waals surface area contributed by atoms with Crippen molar-refractivity contribution < 1.29 is 0 Å². The lowest BCUT2D eigenvalue weighted by Crippen LogP contribution is -2.07. The van der Waals surface area contributed by atoms with Crippen LogP contribution in [-0.2, 0) is 0 Å². The van der Waals surface area contributed by atoms with Crippen LogP contribution in [-0.4, -0.2) is 11.3 Å². The third-order valence-electron chi connectivity index (χ3n) is 7.84. The summed E-state index contributed by atoms with van der Waals surface area (Å²) in [6, 6.07) is -1.54. The van der Waals surface area contributed by atoms with Gasteiger partial charge in [0.05, 0.1) is 0 Å². The van der Waals surface area contributed by atoms with E-state index >= 15 is 0 Å². The zero-order valence-electron chi connectivity index (χ0n) is 24.6. The van der Waals surface area contributed by atoms with E-state index in [4.69, 9.17) is 33.2 Å². The van der Waals surface area contributed by atoms with E-state index in [1.807, 2.05) is 0 Å². The summed E-state index contributed by atoms with van der Waals surface area (Å²) in [5.41, 5.74) is 0. The van der Waals surface area contributed by atoms with Gasteiger partial charge in [0.1, 0.15) is 0 Å². The van der Waals surface area contributed by atoms with Crippen LogP contribution in [0.4, 0.5) is 0 Å². The second kappa shape index (κ2) is 32.1. The van der Waals surface area contributed by atoms with Gasteiger partial charge in [-0.15, -0.1) is 33.2 Å². The van der Waals surface area contributed by atoms with Crippen LogP contribution in [0.15, 0.2) is 0 Å². The Morgan fingerprint density at radius 2 is 0.432 bits per heavy atom. The highest BCUT2D eigenvalue weighted by Crippen LogP contribution is 2.27. The quantitative estimate of drug-likeness (QED) is 0.0291. The molecule has 0 nitrogen and oxygen atoms in total. The van der Waals surface area contributed by atoms with Crippen LogP contribution in [0.5, 0.6) is 0 Å². The number of halogens is 4. The fourth-order valence-electron chi connectivity index (χ4n) is 5.37. The molecule has 0 atom stereocenters. The minimum Gasteiger partial charge on any atom is -0.126 e. The van der Waals surface area contributed by atoms with E-state index < -0.39 is 6.00 Å². The van der Waals surface area contributed by atoms with E-state index in [2.05, 4.69) is 15.9 Å². The van der Waals surface area contributed by atoms with Gasteiger partial charge in [-0.2, -0.15) is 0 Å². The van der Waals surface area contributed by atoms with Crippen LogP contribution in [0.3, 0.4) is 0 Å². The minimum atomic E-state index is -2.37. The van der Waals surface area contributed by atoms with Crippen LogP contribution in [0.2, 0.25) is 6.04 Å². The van der Waals surface area contributed by atoms with E-state index in [0.29, 0.717) is 0 Å². The number of rotatable bonds is 32. The van der Waals surface area contributed by atoms with E-state index in [1.54, 1.807) is 0 Å². The van der Waals surface area contributed by atoms with Crippen molar-refractivity contribution in [3.63, 3.8) is 0 Å². The van der Waals surface area contributed by atoms with Crippen molar-refractivity contribution in [1.82, 2.24) is 0 Å². The molecular weight excluding hydrogens is 599 g/mol. The zero-order chi connectivity index (χ0) is 27.1. The third kappa shape index (κ3) is 37.6. The van der Waals surface area contributed by atoms with Gasteiger partial charge in [0.25, 0.3) is 0 Å². The van der Waals surface area contributed by atoms with Gasteiger partial charge in [-0.05, 0) is 12.5 Å². The Labute approximate surface area is 257 Å². The van der Waals surface area contributed by atoms with Crippen molar-refractivity contribution in [2.75, 3.05) is 5.33 Å². The van der Waals surface area contributed by atoms with Gasteiger partial charge in [-0.1, -0.05) is 202 Å². The van der Waals surface area contributed by atoms with Crippen LogP contribution in [0.25, 0.3) is 0 Å². The van der Waals surface area contributed by atoms with Gasteiger partial charge in [-0.3, -0.25) is 0 Å². The Hall–Kier alpha value is 1.57. The maximum Gasteiger partial charge on any atom is 0.341 e. The number of hydrogen-bond acceptors (Lipinski definition) is 0. The first-order chi connectivity index (χ1) is 18.1. The normalized spacial score (nSPS) is 12.0. The van der Waals surface area contributed by atoms with Gasteiger partial charge in [-0.25, -0.2) is 0 Å². The highest BCUT2D eigenvalue weighted by Gasteiger charge is 2.23. The summed E-state index contributed by atoms with van der Waals surface area (Å²) in [5.74, 6) is 0. The van der Waals surface area contributed by atoms with Crippen molar-refractivity contribution in [3.05, 3.63) is 0 Å². The fourth-order valence-corrected chi connectivity index (χ4v) is 7.62. The Balaban J connectivity index is 3.04. The summed E-state index contributed by atoms with van der Waals surface area (Å²) in [7, 11) is 0. The third-order valence-corrected chi connectivity index (χ3v) is 11.0. The zero-order valence-corrected chi connectivity index (χ0v) is 29.5. The molecule has 0 N–H and O–H groups in total. The average molecular weight is 663 g/mol. The molecule has 0 aromatic rings. The molecular formula is C32H64BrCl3Si. The molecule has 224 valence electrons. The molecule has 0 saturated carbocycles. The Bertz CT molecular complexity index is 417. The number of alkyl halides is 1. The average Bonchev–Trinajstić information content (AvgIpc) is 2.86. The van der Waals surface area contributed by atoms with Gasteiger partial charge in [0.2, 0.25) is 0 Å². The largest absolute Gasteiger partial charge is 0.341 e. The first-order valence-corrected chi connectivity index (χ1v) is 23.1. The summed E-state index contributed by atoms with van der Waals surface area (Å²) >= 11 is 21.3. The Morgan fingerprint density at radius 3 is 0.595 bits per heavy atom. The molecule has 0 aromatic heterocycles. The second-order valence-corrected chi connectivity index (χ2v) is 21.7. The number of unbranched alkanes of at least 4 members (excludes halogenated alkanes) is 29. The predicted octanol–water partition coefficient (Wildman–Crippen LogP) is 14.7. The molecule has 0 radical (unpaired) electrons. The summed E-state index contributed by atoms with van der Waals surface area (Å²) in [4.78, 5) is 0. The standard InChI is InChI=1S/C32H64BrCl3Si/c33-31-29-27-25-23-21-19-17-15-13-11-9-7-5-3-1-2-4-6-8-10-12-14-16-18-20-22-24-26-28-30-32-37(34,35)36/h1-32H2. The lowest BCUT2D eigenvalue weighted by molar-refractivity contribution is 0.513. The van der Waals surface area contributed by atoms with Crippen LogP contribution >= 0.6 is 49.2 Å². The second-order valence-electron chi connectivity index (χ2n) is 11.7. The summed E-state index contributed by atoms with van der Waals surface area (Å²) in [6.07, 6.45) is 42.8. The van der Waals surface area contributed by atoms with Crippen molar-refractivity contribution in [1.29, 1.82) is 0 Å². The molecule has 5 heteroatoms. The van der Waals surface area contributed by atoms with Gasteiger partial charge in [0, 0.05) is 5.33 Å². The van der Waals surface area contributed by atoms with Gasteiger partial charge < -0.3 is 0 Å². The van der Waals surface area contributed by atoms with E-state index in [0.717, 1.165) is 12.5 Å². The highest BCUT2D eigenvalue weighted by molar-refractivity contribution is 9.09. The Kier molecular flexibility index (Phi) is 33.4. The molecule has 0 heterocycles. The van der Waals surface area contributed by atoms with Gasteiger partial charge >= 0.3 is 6.00 Å². The maximum atomic E-state index is 5.92. The van der Waals surface area contributed by atoms with Crippen molar-refractivity contribution in [2.24, 2.45) is 0 Å². The summed E-state index contributed by atoms with van der Waals surface area (Å²) < 4.78 is 0. The molecule has 0 spiro atoms. The first kappa shape index (κ1) is 38.6. The summed E-state index contributed by atoms with van der Waals surface area (Å²) in [6.45, 7) is 0. The minimum absolute atomic E-state index is 0.830. The molecule has 0 amide bonds. The molecule has 37 heavy (non-hydrogen) atoms. The van der Waals surface area contributed by atoms with E-state index in [1.165, 1.54) is 192 Å². The monoisotopic (exact) mass is 660 g/mol. The van der Waals surface area contributed by atoms with Crippen molar-refractivity contribution in [2.45, 2.75) is 199 Å². The molecule has 0 aliphatic heterocycles. The molecule has 0 unspecified atom stereocenters. The lowest BCUT2D eigenvalue weighted by atomic mass is 10.0. The molecule has 0 saturated heterocycles. The number of hydrogen-bond donors (Lipinski definition) is 0. The van der Waals surface area contributed by atoms with E-state index in [9.17, 15) is 0 Å². The smallest absolute Gasteiger partial charge is 0.126 e. The fraction of sp³-hybridized carbons (Fsp3) is 1.00. The van der Waals surface area contributed by atoms with E-state index in [-0.39, 0.29) is 0 Å². The molecule has 0 fully saturated rings. The maximum absolute atomic E-state index is 5.92. The molecule has 0 aliphatic carbocycles. The predicted molar refractivity (Wildman–Crippen MR) is 180 cm³/mol. The van der Waals surface area contributed by atoms with Gasteiger partial charge in [0.15, 0.2) is 0 Å². The SMILES string of the molecule is Cl[Si](Cl)(Cl)CCCCCCCCCCCCCCCCCCCCCCCCCCCCCCCCBr. The Morgan fingerprint density at radius 1 is 0.270 bits per heavy atom. The van der Waals surface area contributed by atoms with Crippen LogP contribution in [0.1, 0.15) is 193 Å². The highest BCUT2D eigenvalue weighted by atomic mass is 79.9. The molecule has 0 aromatic carbocycles. The first-order valence-electron chi connectivity index (χ1n) is 16.7. The molecule has 0 bridgehead atoms. The lowest BCUT2D eigenvalue weighted by Gasteiger charge is -2.07. The topological polar surface area (TPSA) is 0 Å². The molecule has 0 aliphatic rings. The van der Waals surface area contributed by atoms with Crippen LogP contribution < -0.4 is 0 Å².